The van der Waals surface area contributed by atoms with Crippen molar-refractivity contribution in [3.8, 4) is 0 Å². The molecule has 0 aromatic carbocycles. The lowest BCUT2D eigenvalue weighted by molar-refractivity contribution is -0.0251. The van der Waals surface area contributed by atoms with Crippen LogP contribution in [0.4, 0.5) is 4.79 Å². The van der Waals surface area contributed by atoms with Gasteiger partial charge in [0.1, 0.15) is 18.0 Å². The predicted molar refractivity (Wildman–Crippen MR) is 87.4 cm³/mol. The van der Waals surface area contributed by atoms with Crippen LogP contribution in [0, 0.1) is 0 Å². The molecule has 23 heavy (non-hydrogen) atoms. The topological polar surface area (TPSA) is 109 Å². The average Bonchev–Trinajstić information content (AvgIpc) is 2.81. The maximum atomic E-state index is 11.7. The molecular weight excluding hydrogens is 300 g/mol. The molecule has 1 unspecified atom stereocenters. The molecule has 0 fully saturated rings. The van der Waals surface area contributed by atoms with Gasteiger partial charge in [0, 0.05) is 0 Å². The Hall–Kier alpha value is -2.16. The number of nitrogens with zero attached hydrogens (tertiary/aromatic N) is 3. The molecule has 9 heteroatoms. The molecular formula is C14H24N6O3. The quantitative estimate of drug-likeness (QED) is 0.622. The number of carbonyl (C=O) groups excluding carboxylic acids is 1. The van der Waals surface area contributed by atoms with Gasteiger partial charge in [0.2, 0.25) is 5.96 Å². The summed E-state index contributed by atoms with van der Waals surface area (Å²) in [5.41, 5.74) is 4.76. The van der Waals surface area contributed by atoms with Crippen LogP contribution < -0.4 is 16.2 Å². The first kappa shape index (κ1) is 17.2. The fourth-order valence-electron chi connectivity index (χ4n) is 1.85. The molecule has 0 aliphatic carbocycles. The minimum atomic E-state index is -0.608. The molecule has 0 aromatic rings. The smallest absolute Gasteiger partial charge is 0.426 e. The number of ether oxygens (including phenoxy) is 2. The Morgan fingerprint density at radius 2 is 1.87 bits per heavy atom. The first-order chi connectivity index (χ1) is 10.5. The zero-order chi connectivity index (χ0) is 17.3. The number of fused-ring (bicyclic) bond motifs is 1. The minimum absolute atomic E-state index is 0.310. The third-order valence-electron chi connectivity index (χ3n) is 2.58. The number of guanidine groups is 1. The van der Waals surface area contributed by atoms with Gasteiger partial charge >= 0.3 is 6.09 Å². The molecule has 1 atom stereocenters. The van der Waals surface area contributed by atoms with Gasteiger partial charge in [-0.1, -0.05) is 0 Å². The monoisotopic (exact) mass is 324 g/mol. The number of carbonyl (C=O) groups is 1. The summed E-state index contributed by atoms with van der Waals surface area (Å²) < 4.78 is 11.0. The van der Waals surface area contributed by atoms with Crippen LogP contribution in [0.15, 0.2) is 15.0 Å². The van der Waals surface area contributed by atoms with E-state index in [9.17, 15) is 4.79 Å². The molecule has 1 amide bonds. The van der Waals surface area contributed by atoms with Gasteiger partial charge in [0.25, 0.3) is 0 Å². The molecule has 2 aliphatic rings. The van der Waals surface area contributed by atoms with E-state index in [1.807, 2.05) is 20.8 Å². The van der Waals surface area contributed by atoms with Crippen LogP contribution in [0.2, 0.25) is 0 Å². The summed E-state index contributed by atoms with van der Waals surface area (Å²) in [7, 11) is 0. The van der Waals surface area contributed by atoms with Crippen LogP contribution in [0.1, 0.15) is 41.5 Å². The molecule has 0 saturated heterocycles. The Balaban J connectivity index is 2.02. The first-order valence-electron chi connectivity index (χ1n) is 7.40. The van der Waals surface area contributed by atoms with Crippen molar-refractivity contribution in [3.63, 3.8) is 0 Å². The van der Waals surface area contributed by atoms with Gasteiger partial charge in [-0.25, -0.2) is 20.2 Å². The van der Waals surface area contributed by atoms with Crippen molar-refractivity contribution in [2.75, 3.05) is 6.67 Å². The van der Waals surface area contributed by atoms with E-state index < -0.39 is 23.5 Å². The van der Waals surface area contributed by atoms with E-state index >= 15 is 0 Å². The van der Waals surface area contributed by atoms with Crippen LogP contribution >= 0.6 is 0 Å². The van der Waals surface area contributed by atoms with E-state index in [1.165, 1.54) is 0 Å². The number of nitrogens with one attached hydrogen (secondary N) is 3. The van der Waals surface area contributed by atoms with Crippen LogP contribution in [-0.2, 0) is 9.47 Å². The van der Waals surface area contributed by atoms with Gasteiger partial charge < -0.3 is 14.8 Å². The number of amides is 1. The summed E-state index contributed by atoms with van der Waals surface area (Å²) in [4.78, 5) is 24.6. The third-order valence-corrected chi connectivity index (χ3v) is 2.58. The molecule has 0 aromatic heterocycles. The fraction of sp³-hybridized carbons (Fsp3) is 0.714. The highest BCUT2D eigenvalue weighted by molar-refractivity contribution is 6.47. The van der Waals surface area contributed by atoms with E-state index in [4.69, 9.17) is 9.47 Å². The zero-order valence-electron chi connectivity index (χ0n) is 14.4. The van der Waals surface area contributed by atoms with Crippen molar-refractivity contribution in [2.45, 2.75) is 59.0 Å². The Morgan fingerprint density at radius 3 is 2.48 bits per heavy atom. The maximum Gasteiger partial charge on any atom is 0.426 e. The molecule has 2 aliphatic heterocycles. The molecule has 0 radical (unpaired) electrons. The van der Waals surface area contributed by atoms with Crippen molar-refractivity contribution in [1.29, 1.82) is 0 Å². The van der Waals surface area contributed by atoms with Crippen LogP contribution in [0.5, 0.6) is 0 Å². The molecule has 128 valence electrons. The lowest BCUT2D eigenvalue weighted by Gasteiger charge is -2.29. The molecule has 9 nitrogen and oxygen atoms in total. The summed E-state index contributed by atoms with van der Waals surface area (Å²) in [6, 6.07) is 0. The lowest BCUT2D eigenvalue weighted by Crippen LogP contribution is -2.57. The van der Waals surface area contributed by atoms with Gasteiger partial charge in [-0.2, -0.15) is 0 Å². The summed E-state index contributed by atoms with van der Waals surface area (Å²) in [6.07, 6.45) is -1.19. The summed E-state index contributed by atoms with van der Waals surface area (Å²) in [6.45, 7) is 11.5. The number of hydrogen-bond acceptors (Lipinski definition) is 8. The standard InChI is InChI=1S/C14H24N6O3/c1-13(2,3)22-10-8-9(16-7-15-8)17-11(18-10)19-20-12(21)23-14(4,5)6/h10H,7H2,1-6H3,(H,20,21)(H2,16,17,18,19). The molecule has 3 N–H and O–H groups in total. The van der Waals surface area contributed by atoms with Crippen molar-refractivity contribution >= 4 is 23.6 Å². The highest BCUT2D eigenvalue weighted by atomic mass is 16.6. The van der Waals surface area contributed by atoms with Crippen molar-refractivity contribution in [3.05, 3.63) is 0 Å². The zero-order valence-corrected chi connectivity index (χ0v) is 14.4. The van der Waals surface area contributed by atoms with Crippen LogP contribution in [-0.4, -0.2) is 47.7 Å². The van der Waals surface area contributed by atoms with E-state index in [2.05, 4.69) is 31.1 Å². The summed E-state index contributed by atoms with van der Waals surface area (Å²) in [5.74, 6) is 0.896. The normalized spacial score (nSPS) is 20.6. The first-order valence-corrected chi connectivity index (χ1v) is 7.40. The van der Waals surface area contributed by atoms with Gasteiger partial charge in [0.05, 0.1) is 5.60 Å². The van der Waals surface area contributed by atoms with Gasteiger partial charge in [-0.05, 0) is 41.5 Å². The second-order valence-corrected chi connectivity index (χ2v) is 7.13. The van der Waals surface area contributed by atoms with Crippen molar-refractivity contribution < 1.29 is 14.3 Å². The molecule has 0 spiro atoms. The van der Waals surface area contributed by atoms with E-state index in [1.54, 1.807) is 20.8 Å². The Morgan fingerprint density at radius 1 is 1.17 bits per heavy atom. The van der Waals surface area contributed by atoms with Gasteiger partial charge in [0.15, 0.2) is 12.1 Å². The minimum Gasteiger partial charge on any atom is -0.443 e. The lowest BCUT2D eigenvalue weighted by atomic mass is 10.2. The molecule has 0 saturated carbocycles. The predicted octanol–water partition coefficient (Wildman–Crippen LogP) is 0.927. The van der Waals surface area contributed by atoms with Gasteiger partial charge in [-0.15, -0.1) is 0 Å². The molecule has 0 bridgehead atoms. The number of aliphatic imine (C=N–C) groups is 3. The highest BCUT2D eigenvalue weighted by Crippen LogP contribution is 2.17. The largest absolute Gasteiger partial charge is 0.443 e. The fourth-order valence-corrected chi connectivity index (χ4v) is 1.85. The third kappa shape index (κ3) is 5.20. The second-order valence-electron chi connectivity index (χ2n) is 7.13. The van der Waals surface area contributed by atoms with Crippen LogP contribution in [0.25, 0.3) is 0 Å². The van der Waals surface area contributed by atoms with Crippen molar-refractivity contribution in [2.24, 2.45) is 15.0 Å². The number of rotatable bonds is 1. The molecule has 2 heterocycles. The second kappa shape index (κ2) is 6.15. The van der Waals surface area contributed by atoms with Crippen LogP contribution in [0.3, 0.4) is 0 Å². The average molecular weight is 324 g/mol. The summed E-state index contributed by atoms with van der Waals surface area (Å²) >= 11 is 0. The van der Waals surface area contributed by atoms with Crippen molar-refractivity contribution in [1.82, 2.24) is 16.2 Å². The SMILES string of the molecule is CC(C)(C)OC(=O)NNC1=NC(OC(C)(C)C)C2=NCN=C2N1. The number of hydrogen-bond donors (Lipinski definition) is 3. The Kier molecular flexibility index (Phi) is 4.60. The van der Waals surface area contributed by atoms with E-state index in [-0.39, 0.29) is 0 Å². The summed E-state index contributed by atoms with van der Waals surface area (Å²) in [5, 5.41) is 2.96. The Bertz CT molecular complexity index is 568. The Labute approximate surface area is 135 Å². The van der Waals surface area contributed by atoms with Gasteiger partial charge in [-0.3, -0.25) is 10.4 Å². The highest BCUT2D eigenvalue weighted by Gasteiger charge is 2.33. The number of hydrazine groups is 1. The maximum absolute atomic E-state index is 11.7. The van der Waals surface area contributed by atoms with E-state index in [0.717, 1.165) is 0 Å². The number of amidine groups is 1. The van der Waals surface area contributed by atoms with E-state index in [0.29, 0.717) is 24.2 Å². The molecule has 2 rings (SSSR count).